The predicted octanol–water partition coefficient (Wildman–Crippen LogP) is 2.60. The number of H-pyrrole nitrogens is 2. The van der Waals surface area contributed by atoms with Crippen LogP contribution in [0.5, 0.6) is 0 Å². The number of rotatable bonds is 4. The van der Waals surface area contributed by atoms with Crippen LogP contribution in [0.1, 0.15) is 0 Å². The molecule has 0 aliphatic heterocycles. The topological polar surface area (TPSA) is 107 Å². The van der Waals surface area contributed by atoms with Gasteiger partial charge in [-0.1, -0.05) is 24.3 Å². The van der Waals surface area contributed by atoms with Crippen molar-refractivity contribution in [1.82, 2.24) is 20.4 Å². The number of fused-ring (bicyclic) bond motifs is 2. The van der Waals surface area contributed by atoms with E-state index >= 15 is 0 Å². The first-order chi connectivity index (χ1) is 11.2. The summed E-state index contributed by atoms with van der Waals surface area (Å²) in [5.41, 5.74) is 3.77. The van der Waals surface area contributed by atoms with E-state index in [1.54, 1.807) is 6.20 Å². The van der Waals surface area contributed by atoms with E-state index in [2.05, 4.69) is 25.7 Å². The van der Waals surface area contributed by atoms with Crippen LogP contribution in [0.25, 0.3) is 32.9 Å². The van der Waals surface area contributed by atoms with E-state index in [0.717, 1.165) is 32.9 Å². The molecule has 0 atom stereocenters. The van der Waals surface area contributed by atoms with E-state index in [4.69, 9.17) is 5.11 Å². The molecule has 0 saturated heterocycles. The van der Waals surface area contributed by atoms with Crippen molar-refractivity contribution in [2.24, 2.45) is 0 Å². The van der Waals surface area contributed by atoms with Gasteiger partial charge < -0.3 is 10.4 Å². The first-order valence-electron chi connectivity index (χ1n) is 7.08. The second kappa shape index (κ2) is 5.13. The van der Waals surface area contributed by atoms with Crippen LogP contribution in [0.3, 0.4) is 0 Å². The zero-order valence-electron chi connectivity index (χ0n) is 12.0. The van der Waals surface area contributed by atoms with Gasteiger partial charge in [0.05, 0.1) is 22.6 Å². The van der Waals surface area contributed by atoms with Gasteiger partial charge in [0.2, 0.25) is 0 Å². The van der Waals surface area contributed by atoms with Crippen molar-refractivity contribution in [3.8, 4) is 11.1 Å². The Morgan fingerprint density at radius 3 is 2.96 bits per heavy atom. The molecule has 2 aromatic carbocycles. The SMILES string of the molecule is O=C(O)CNc1n[nH]c2cccc(-c3ccc4cn[nH]c4c3)c12. The zero-order valence-corrected chi connectivity index (χ0v) is 12.0. The molecule has 4 N–H and O–H groups in total. The molecule has 0 bridgehead atoms. The largest absolute Gasteiger partial charge is 0.480 e. The van der Waals surface area contributed by atoms with Gasteiger partial charge in [0, 0.05) is 5.39 Å². The Hall–Kier alpha value is -3.35. The molecule has 114 valence electrons. The fourth-order valence-corrected chi connectivity index (χ4v) is 2.71. The molecule has 4 rings (SSSR count). The summed E-state index contributed by atoms with van der Waals surface area (Å²) in [5.74, 6) is -0.403. The van der Waals surface area contributed by atoms with Gasteiger partial charge >= 0.3 is 5.97 Å². The maximum absolute atomic E-state index is 10.8. The minimum atomic E-state index is -0.933. The molecule has 7 nitrogen and oxygen atoms in total. The van der Waals surface area contributed by atoms with E-state index in [1.165, 1.54) is 0 Å². The molecule has 0 spiro atoms. The van der Waals surface area contributed by atoms with Crippen molar-refractivity contribution in [1.29, 1.82) is 0 Å². The summed E-state index contributed by atoms with van der Waals surface area (Å²) < 4.78 is 0. The lowest BCUT2D eigenvalue weighted by atomic mass is 10.0. The van der Waals surface area contributed by atoms with Gasteiger partial charge in [-0.05, 0) is 23.3 Å². The fraction of sp³-hybridized carbons (Fsp3) is 0.0625. The van der Waals surface area contributed by atoms with Gasteiger partial charge in [-0.3, -0.25) is 15.0 Å². The van der Waals surface area contributed by atoms with Crippen LogP contribution < -0.4 is 5.32 Å². The van der Waals surface area contributed by atoms with Gasteiger partial charge in [-0.25, -0.2) is 0 Å². The van der Waals surface area contributed by atoms with Gasteiger partial charge in [0.25, 0.3) is 0 Å². The van der Waals surface area contributed by atoms with Crippen LogP contribution >= 0.6 is 0 Å². The van der Waals surface area contributed by atoms with Crippen LogP contribution in [-0.2, 0) is 4.79 Å². The van der Waals surface area contributed by atoms with Crippen LogP contribution in [0.4, 0.5) is 5.82 Å². The highest BCUT2D eigenvalue weighted by Gasteiger charge is 2.13. The van der Waals surface area contributed by atoms with Crippen molar-refractivity contribution in [2.45, 2.75) is 0 Å². The third kappa shape index (κ3) is 2.28. The van der Waals surface area contributed by atoms with Gasteiger partial charge in [0.15, 0.2) is 5.82 Å². The number of carbonyl (C=O) groups is 1. The molecule has 2 heterocycles. The lowest BCUT2D eigenvalue weighted by molar-refractivity contribution is -0.134. The molecule has 0 aliphatic rings. The van der Waals surface area contributed by atoms with Crippen molar-refractivity contribution >= 4 is 33.6 Å². The molecule has 7 heteroatoms. The van der Waals surface area contributed by atoms with Gasteiger partial charge in [-0.15, -0.1) is 0 Å². The molecule has 0 aliphatic carbocycles. The lowest BCUT2D eigenvalue weighted by Gasteiger charge is -2.06. The molecule has 4 aromatic rings. The highest BCUT2D eigenvalue weighted by atomic mass is 16.4. The van der Waals surface area contributed by atoms with Gasteiger partial charge in [0.1, 0.15) is 6.54 Å². The number of nitrogens with zero attached hydrogens (tertiary/aromatic N) is 2. The molecule has 0 unspecified atom stereocenters. The standard InChI is InChI=1S/C16H13N5O2/c22-14(23)8-17-16-15-11(2-1-3-12(15)20-21-16)9-4-5-10-7-18-19-13(10)6-9/h1-7H,8H2,(H,18,19)(H,22,23)(H2,17,20,21). The fourth-order valence-electron chi connectivity index (χ4n) is 2.71. The average molecular weight is 307 g/mol. The molecule has 0 radical (unpaired) electrons. The second-order valence-electron chi connectivity index (χ2n) is 5.22. The number of carboxylic acid groups (broad SMARTS) is 1. The van der Waals surface area contributed by atoms with E-state index in [-0.39, 0.29) is 6.54 Å². The first-order valence-corrected chi connectivity index (χ1v) is 7.08. The Labute approximate surface area is 130 Å². The van der Waals surface area contributed by atoms with Crippen molar-refractivity contribution in [2.75, 3.05) is 11.9 Å². The number of anilines is 1. The minimum Gasteiger partial charge on any atom is -0.480 e. The third-order valence-corrected chi connectivity index (χ3v) is 3.75. The molecule has 0 fully saturated rings. The minimum absolute atomic E-state index is 0.187. The number of nitrogens with one attached hydrogen (secondary N) is 3. The molecular formula is C16H13N5O2. The van der Waals surface area contributed by atoms with E-state index in [0.29, 0.717) is 5.82 Å². The Morgan fingerprint density at radius 2 is 2.09 bits per heavy atom. The van der Waals surface area contributed by atoms with Crippen LogP contribution in [0, 0.1) is 0 Å². The quantitative estimate of drug-likeness (QED) is 0.463. The normalized spacial score (nSPS) is 11.1. The summed E-state index contributed by atoms with van der Waals surface area (Å²) >= 11 is 0. The van der Waals surface area contributed by atoms with Crippen LogP contribution in [0.2, 0.25) is 0 Å². The molecule has 0 amide bonds. The lowest BCUT2D eigenvalue weighted by Crippen LogP contribution is -2.12. The van der Waals surface area contributed by atoms with Crippen molar-refractivity contribution in [3.63, 3.8) is 0 Å². The van der Waals surface area contributed by atoms with E-state index in [1.807, 2.05) is 36.4 Å². The van der Waals surface area contributed by atoms with Crippen LogP contribution in [-0.4, -0.2) is 38.0 Å². The summed E-state index contributed by atoms with van der Waals surface area (Å²) in [5, 5.41) is 27.7. The Kier molecular flexibility index (Phi) is 2.97. The summed E-state index contributed by atoms with van der Waals surface area (Å²) in [6.07, 6.45) is 1.78. The maximum Gasteiger partial charge on any atom is 0.322 e. The zero-order chi connectivity index (χ0) is 15.8. The second-order valence-corrected chi connectivity index (χ2v) is 5.22. The van der Waals surface area contributed by atoms with Crippen molar-refractivity contribution < 1.29 is 9.90 Å². The molecule has 23 heavy (non-hydrogen) atoms. The van der Waals surface area contributed by atoms with E-state index in [9.17, 15) is 4.79 Å². The number of hydrogen-bond acceptors (Lipinski definition) is 4. The number of hydrogen-bond donors (Lipinski definition) is 4. The molecular weight excluding hydrogens is 294 g/mol. The average Bonchev–Trinajstić information content (AvgIpc) is 3.18. The first kappa shape index (κ1) is 13.3. The third-order valence-electron chi connectivity index (χ3n) is 3.75. The number of benzene rings is 2. The molecule has 0 saturated carbocycles. The Bertz CT molecular complexity index is 1020. The Balaban J connectivity index is 1.88. The predicted molar refractivity (Wildman–Crippen MR) is 87.3 cm³/mol. The molecule has 2 aromatic heterocycles. The Morgan fingerprint density at radius 1 is 1.17 bits per heavy atom. The van der Waals surface area contributed by atoms with Crippen LogP contribution in [0.15, 0.2) is 42.6 Å². The summed E-state index contributed by atoms with van der Waals surface area (Å²) in [6.45, 7) is -0.187. The number of aliphatic carboxylic acids is 1. The van der Waals surface area contributed by atoms with E-state index < -0.39 is 5.97 Å². The summed E-state index contributed by atoms with van der Waals surface area (Å²) in [6, 6.07) is 11.9. The maximum atomic E-state index is 10.8. The number of aromatic amines is 2. The highest BCUT2D eigenvalue weighted by Crippen LogP contribution is 2.33. The summed E-state index contributed by atoms with van der Waals surface area (Å²) in [7, 11) is 0. The smallest absolute Gasteiger partial charge is 0.322 e. The monoisotopic (exact) mass is 307 g/mol. The number of carboxylic acids is 1. The van der Waals surface area contributed by atoms with Gasteiger partial charge in [-0.2, -0.15) is 10.2 Å². The highest BCUT2D eigenvalue weighted by molar-refractivity contribution is 6.03. The number of aromatic nitrogens is 4. The summed E-state index contributed by atoms with van der Waals surface area (Å²) in [4.78, 5) is 10.8. The van der Waals surface area contributed by atoms with Crippen molar-refractivity contribution in [3.05, 3.63) is 42.6 Å².